The van der Waals surface area contributed by atoms with Gasteiger partial charge < -0.3 is 5.32 Å². The normalized spacial score (nSPS) is 11.9. The lowest BCUT2D eigenvalue weighted by atomic mass is 10.1. The van der Waals surface area contributed by atoms with Gasteiger partial charge in [0.1, 0.15) is 0 Å². The predicted molar refractivity (Wildman–Crippen MR) is 115 cm³/mol. The van der Waals surface area contributed by atoms with Crippen LogP contribution in [0.4, 0.5) is 0 Å². The number of nitrogens with zero attached hydrogens (tertiary/aromatic N) is 2. The van der Waals surface area contributed by atoms with Crippen LogP contribution in [0.15, 0.2) is 71.1 Å². The van der Waals surface area contributed by atoms with E-state index in [0.717, 1.165) is 5.56 Å². The number of hydrogen-bond donors (Lipinski definition) is 1. The van der Waals surface area contributed by atoms with Crippen molar-refractivity contribution in [1.29, 1.82) is 0 Å². The summed E-state index contributed by atoms with van der Waals surface area (Å²) < 4.78 is 1.52. The summed E-state index contributed by atoms with van der Waals surface area (Å²) in [5.74, 6) is 0.0132. The number of halogens is 1. The predicted octanol–water partition coefficient (Wildman–Crippen LogP) is 4.21. The number of fused-ring (bicyclic) bond motifs is 1. The smallest absolute Gasteiger partial charge is 0.262 e. The molecule has 28 heavy (non-hydrogen) atoms. The van der Waals surface area contributed by atoms with Crippen molar-refractivity contribution in [1.82, 2.24) is 14.9 Å². The Morgan fingerprint density at radius 3 is 2.79 bits per heavy atom. The number of amides is 1. The van der Waals surface area contributed by atoms with Gasteiger partial charge in [-0.3, -0.25) is 14.2 Å². The summed E-state index contributed by atoms with van der Waals surface area (Å²) in [6.07, 6.45) is 1.63. The fourth-order valence-corrected chi connectivity index (χ4v) is 3.80. The van der Waals surface area contributed by atoms with Crippen molar-refractivity contribution >= 4 is 40.2 Å². The van der Waals surface area contributed by atoms with Gasteiger partial charge in [-0.05, 0) is 30.7 Å². The van der Waals surface area contributed by atoms with E-state index >= 15 is 0 Å². The van der Waals surface area contributed by atoms with E-state index in [1.54, 1.807) is 24.3 Å². The van der Waals surface area contributed by atoms with E-state index in [-0.39, 0.29) is 23.3 Å². The molecule has 0 radical (unpaired) electrons. The minimum absolute atomic E-state index is 0.104. The first-order valence-corrected chi connectivity index (χ1v) is 10.1. The van der Waals surface area contributed by atoms with Crippen LogP contribution in [0.5, 0.6) is 0 Å². The van der Waals surface area contributed by atoms with E-state index in [1.807, 2.05) is 37.3 Å². The van der Waals surface area contributed by atoms with Crippen LogP contribution < -0.4 is 10.9 Å². The van der Waals surface area contributed by atoms with Crippen molar-refractivity contribution < 1.29 is 4.79 Å². The zero-order valence-electron chi connectivity index (χ0n) is 15.4. The number of benzene rings is 2. The molecule has 0 saturated carbocycles. The van der Waals surface area contributed by atoms with Crippen LogP contribution in [0.3, 0.4) is 0 Å². The first-order valence-electron chi connectivity index (χ1n) is 8.77. The Labute approximate surface area is 172 Å². The summed E-state index contributed by atoms with van der Waals surface area (Å²) >= 11 is 7.25. The summed E-state index contributed by atoms with van der Waals surface area (Å²) in [5.41, 5.74) is 1.36. The topological polar surface area (TPSA) is 64.0 Å². The Morgan fingerprint density at radius 2 is 2.07 bits per heavy atom. The van der Waals surface area contributed by atoms with Crippen LogP contribution in [-0.4, -0.2) is 21.2 Å². The molecule has 0 saturated heterocycles. The molecule has 2 aromatic carbocycles. The molecule has 3 aromatic rings. The van der Waals surface area contributed by atoms with Gasteiger partial charge in [0.25, 0.3) is 5.56 Å². The second-order valence-corrected chi connectivity index (χ2v) is 7.63. The van der Waals surface area contributed by atoms with E-state index in [9.17, 15) is 9.59 Å². The average molecular weight is 414 g/mol. The van der Waals surface area contributed by atoms with Crippen LogP contribution in [0.2, 0.25) is 5.02 Å². The van der Waals surface area contributed by atoms with E-state index in [1.165, 1.54) is 16.3 Å². The zero-order valence-corrected chi connectivity index (χ0v) is 17.0. The Hall–Kier alpha value is -2.57. The molecule has 1 N–H and O–H groups in total. The molecule has 1 unspecified atom stereocenters. The maximum atomic E-state index is 12.8. The van der Waals surface area contributed by atoms with Crippen LogP contribution in [0.25, 0.3) is 10.9 Å². The summed E-state index contributed by atoms with van der Waals surface area (Å²) in [5, 5.41) is 4.41. The molecule has 144 valence electrons. The lowest BCUT2D eigenvalue weighted by molar-refractivity contribution is -0.119. The van der Waals surface area contributed by atoms with E-state index in [2.05, 4.69) is 16.9 Å². The van der Waals surface area contributed by atoms with Gasteiger partial charge in [0.15, 0.2) is 5.16 Å². The number of rotatable bonds is 7. The third-order valence-electron chi connectivity index (χ3n) is 4.20. The number of thioether (sulfide) groups is 1. The average Bonchev–Trinajstić information content (AvgIpc) is 2.69. The van der Waals surface area contributed by atoms with Gasteiger partial charge in [-0.1, -0.05) is 59.8 Å². The lowest BCUT2D eigenvalue weighted by Gasteiger charge is -2.15. The monoisotopic (exact) mass is 413 g/mol. The first kappa shape index (κ1) is 20.2. The molecule has 0 fully saturated rings. The van der Waals surface area contributed by atoms with E-state index < -0.39 is 0 Å². The number of carbonyl (C=O) groups excluding carboxylic acids is 1. The largest absolute Gasteiger partial charge is 0.349 e. The standard InChI is InChI=1S/C21H20ClN3O2S/c1-3-11-25-20(27)17-10-9-16(22)12-18(17)24-21(25)28-13-19(26)23-14(2)15-7-5-4-6-8-15/h3-10,12,14H,1,11,13H2,2H3,(H,23,26). The van der Waals surface area contributed by atoms with Gasteiger partial charge >= 0.3 is 0 Å². The minimum Gasteiger partial charge on any atom is -0.349 e. The molecule has 5 nitrogen and oxygen atoms in total. The van der Waals surface area contributed by atoms with E-state index in [4.69, 9.17) is 11.6 Å². The number of hydrogen-bond acceptors (Lipinski definition) is 4. The molecule has 0 aliphatic carbocycles. The highest BCUT2D eigenvalue weighted by molar-refractivity contribution is 7.99. The molecule has 0 aliphatic rings. The van der Waals surface area contributed by atoms with Crippen molar-refractivity contribution in [3.05, 3.63) is 82.1 Å². The summed E-state index contributed by atoms with van der Waals surface area (Å²) in [6.45, 7) is 5.95. The summed E-state index contributed by atoms with van der Waals surface area (Å²) in [6, 6.07) is 14.6. The van der Waals surface area contributed by atoms with Gasteiger partial charge in [-0.2, -0.15) is 0 Å². The molecule has 1 amide bonds. The lowest BCUT2D eigenvalue weighted by Crippen LogP contribution is -2.29. The number of nitrogens with one attached hydrogen (secondary N) is 1. The molecule has 0 aliphatic heterocycles. The second-order valence-electron chi connectivity index (χ2n) is 6.25. The van der Waals surface area contributed by atoms with Crippen LogP contribution in [0, 0.1) is 0 Å². The van der Waals surface area contributed by atoms with Crippen LogP contribution >= 0.6 is 23.4 Å². The highest BCUT2D eigenvalue weighted by Gasteiger charge is 2.14. The SMILES string of the molecule is C=CCn1c(SCC(=O)NC(C)c2ccccc2)nc2cc(Cl)ccc2c1=O. The third kappa shape index (κ3) is 4.64. The molecule has 0 bridgehead atoms. The molecule has 3 rings (SSSR count). The summed E-state index contributed by atoms with van der Waals surface area (Å²) in [4.78, 5) is 29.7. The van der Waals surface area contributed by atoms with Crippen molar-refractivity contribution in [3.63, 3.8) is 0 Å². The molecule has 1 heterocycles. The fourth-order valence-electron chi connectivity index (χ4n) is 2.81. The molecular formula is C21H20ClN3O2S. The Morgan fingerprint density at radius 1 is 1.32 bits per heavy atom. The quantitative estimate of drug-likeness (QED) is 0.358. The van der Waals surface area contributed by atoms with Crippen molar-refractivity contribution in [2.24, 2.45) is 0 Å². The Bertz CT molecular complexity index is 1070. The minimum atomic E-state index is -0.179. The Kier molecular flexibility index (Phi) is 6.54. The highest BCUT2D eigenvalue weighted by Crippen LogP contribution is 2.21. The van der Waals surface area contributed by atoms with Gasteiger partial charge in [0, 0.05) is 11.6 Å². The second kappa shape index (κ2) is 9.08. The van der Waals surface area contributed by atoms with Crippen LogP contribution in [-0.2, 0) is 11.3 Å². The van der Waals surface area contributed by atoms with Crippen LogP contribution in [0.1, 0.15) is 18.5 Å². The highest BCUT2D eigenvalue weighted by atomic mass is 35.5. The molecular weight excluding hydrogens is 394 g/mol. The fraction of sp³-hybridized carbons (Fsp3) is 0.190. The first-order chi connectivity index (χ1) is 13.5. The maximum Gasteiger partial charge on any atom is 0.262 e. The Balaban J connectivity index is 1.79. The number of aromatic nitrogens is 2. The van der Waals surface area contributed by atoms with E-state index in [0.29, 0.717) is 27.6 Å². The zero-order chi connectivity index (χ0) is 20.1. The maximum absolute atomic E-state index is 12.8. The van der Waals surface area contributed by atoms with Gasteiger partial charge in [0.2, 0.25) is 5.91 Å². The number of allylic oxidation sites excluding steroid dienone is 1. The molecule has 1 atom stereocenters. The molecule has 0 spiro atoms. The third-order valence-corrected chi connectivity index (χ3v) is 5.41. The van der Waals surface area contributed by atoms with Crippen molar-refractivity contribution in [3.8, 4) is 0 Å². The molecule has 1 aromatic heterocycles. The van der Waals surface area contributed by atoms with Gasteiger partial charge in [-0.25, -0.2) is 4.98 Å². The van der Waals surface area contributed by atoms with Gasteiger partial charge in [0.05, 0.1) is 22.7 Å². The van der Waals surface area contributed by atoms with Crippen molar-refractivity contribution in [2.75, 3.05) is 5.75 Å². The van der Waals surface area contributed by atoms with Crippen molar-refractivity contribution in [2.45, 2.75) is 24.7 Å². The number of carbonyl (C=O) groups is 1. The molecule has 7 heteroatoms. The van der Waals surface area contributed by atoms with Gasteiger partial charge in [-0.15, -0.1) is 6.58 Å². The summed E-state index contributed by atoms with van der Waals surface area (Å²) in [7, 11) is 0.